The minimum Gasteiger partial charge on any atom is -0.459 e. The fourth-order valence-electron chi connectivity index (χ4n) is 4.12. The van der Waals surface area contributed by atoms with Gasteiger partial charge in [-0.3, -0.25) is 19.7 Å². The van der Waals surface area contributed by atoms with Gasteiger partial charge in [0.05, 0.1) is 5.92 Å². The summed E-state index contributed by atoms with van der Waals surface area (Å²) in [6.45, 7) is 15.8. The lowest BCUT2D eigenvalue weighted by Gasteiger charge is -2.32. The molecule has 0 aromatic carbocycles. The smallest absolute Gasteiger partial charge is 0.431 e. The number of hydrazine groups is 1. The van der Waals surface area contributed by atoms with E-state index in [1.807, 2.05) is 0 Å². The molecule has 1 aliphatic heterocycles. The lowest BCUT2D eigenvalue weighted by Crippen LogP contribution is -2.56. The maximum atomic E-state index is 13.3. The molecule has 4 atom stereocenters. The van der Waals surface area contributed by atoms with Gasteiger partial charge in [0.15, 0.2) is 0 Å². The van der Waals surface area contributed by atoms with Gasteiger partial charge in [0.1, 0.15) is 17.2 Å². The third-order valence-electron chi connectivity index (χ3n) is 5.72. The van der Waals surface area contributed by atoms with Crippen LogP contribution in [0.15, 0.2) is 0 Å². The van der Waals surface area contributed by atoms with Gasteiger partial charge in [-0.25, -0.2) is 10.6 Å². The first kappa shape index (κ1) is 29.8. The van der Waals surface area contributed by atoms with Crippen molar-refractivity contribution in [2.75, 3.05) is 0 Å². The summed E-state index contributed by atoms with van der Waals surface area (Å²) in [5.74, 6) is 3.89. The summed E-state index contributed by atoms with van der Waals surface area (Å²) in [6, 6.07) is -1.86. The lowest BCUT2D eigenvalue weighted by molar-refractivity contribution is -0.157. The Balaban J connectivity index is 3.28. The van der Waals surface area contributed by atoms with Crippen LogP contribution >= 0.6 is 0 Å². The summed E-state index contributed by atoms with van der Waals surface area (Å²) < 4.78 is 10.8. The molecule has 0 bridgehead atoms. The van der Waals surface area contributed by atoms with Gasteiger partial charge in [-0.1, -0.05) is 26.7 Å². The van der Waals surface area contributed by atoms with E-state index in [1.165, 1.54) is 6.92 Å². The van der Waals surface area contributed by atoms with Crippen molar-refractivity contribution in [2.24, 2.45) is 17.7 Å². The van der Waals surface area contributed by atoms with Crippen LogP contribution in [0.25, 0.3) is 0 Å². The lowest BCUT2D eigenvalue weighted by atomic mass is 9.85. The van der Waals surface area contributed by atoms with Crippen LogP contribution in [-0.4, -0.2) is 58.2 Å². The fraction of sp³-hybridized carbons (Fsp3) is 0.833. The highest BCUT2D eigenvalue weighted by Crippen LogP contribution is 2.30. The maximum Gasteiger partial charge on any atom is 0.431 e. The molecule has 0 saturated carbocycles. The number of ether oxygens (including phenoxy) is 2. The van der Waals surface area contributed by atoms with Gasteiger partial charge in [0.25, 0.3) is 5.91 Å². The molecule has 0 aromatic rings. The molecule has 196 valence electrons. The summed E-state index contributed by atoms with van der Waals surface area (Å²) in [4.78, 5) is 50.7. The number of nitrogens with zero attached hydrogens (tertiary/aromatic N) is 1. The van der Waals surface area contributed by atoms with Crippen LogP contribution < -0.4 is 16.5 Å². The van der Waals surface area contributed by atoms with Crippen molar-refractivity contribution in [2.45, 2.75) is 117 Å². The van der Waals surface area contributed by atoms with Gasteiger partial charge in [-0.15, -0.1) is 0 Å². The maximum absolute atomic E-state index is 13.3. The number of hydrogen-bond donors (Lipinski definition) is 3. The van der Waals surface area contributed by atoms with Crippen LogP contribution in [0.4, 0.5) is 4.79 Å². The molecule has 1 saturated heterocycles. The first-order valence-electron chi connectivity index (χ1n) is 12.1. The van der Waals surface area contributed by atoms with E-state index in [0.717, 1.165) is 12.8 Å². The zero-order valence-electron chi connectivity index (χ0n) is 22.2. The Hall–Kier alpha value is -2.20. The van der Waals surface area contributed by atoms with E-state index in [-0.39, 0.29) is 12.3 Å². The minimum atomic E-state index is -0.979. The number of nitrogens with one attached hydrogen (secondary N) is 2. The Morgan fingerprint density at radius 3 is 2.00 bits per heavy atom. The van der Waals surface area contributed by atoms with Crippen LogP contribution in [-0.2, 0) is 23.9 Å². The topological polar surface area (TPSA) is 140 Å². The molecule has 0 aliphatic carbocycles. The second-order valence-corrected chi connectivity index (χ2v) is 11.0. The molecule has 3 amide bonds. The Morgan fingerprint density at radius 1 is 1.03 bits per heavy atom. The number of carbonyl (C=O) groups excluding carboxylic acids is 4. The van der Waals surface area contributed by atoms with Crippen LogP contribution in [0, 0.1) is 11.8 Å². The van der Waals surface area contributed by atoms with Gasteiger partial charge in [-0.2, -0.15) is 5.01 Å². The van der Waals surface area contributed by atoms with Crippen LogP contribution in [0.3, 0.4) is 0 Å². The summed E-state index contributed by atoms with van der Waals surface area (Å²) >= 11 is 0. The van der Waals surface area contributed by atoms with Crippen LogP contribution in [0.1, 0.15) is 88.0 Å². The zero-order valence-corrected chi connectivity index (χ0v) is 22.2. The number of amides is 3. The number of rotatable bonds is 8. The van der Waals surface area contributed by atoms with Crippen molar-refractivity contribution in [3.05, 3.63) is 0 Å². The summed E-state index contributed by atoms with van der Waals surface area (Å²) in [5, 5.41) is 6.60. The Kier molecular flexibility index (Phi) is 10.5. The summed E-state index contributed by atoms with van der Waals surface area (Å²) in [7, 11) is 0. The highest BCUT2D eigenvalue weighted by atomic mass is 16.6. The molecule has 1 aliphatic rings. The molecule has 0 aromatic heterocycles. The Bertz CT molecular complexity index is 739. The quantitative estimate of drug-likeness (QED) is 0.207. The van der Waals surface area contributed by atoms with Crippen molar-refractivity contribution in [1.29, 1.82) is 0 Å². The highest BCUT2D eigenvalue weighted by Gasteiger charge is 2.48. The number of hydrogen-bond acceptors (Lipinski definition) is 8. The van der Waals surface area contributed by atoms with Crippen molar-refractivity contribution in [3.63, 3.8) is 0 Å². The average Bonchev–Trinajstić information content (AvgIpc) is 3.12. The van der Waals surface area contributed by atoms with E-state index in [1.54, 1.807) is 41.5 Å². The van der Waals surface area contributed by atoms with Crippen molar-refractivity contribution < 1.29 is 28.7 Å². The minimum absolute atomic E-state index is 0.0773. The normalized spacial score (nSPS) is 21.7. The largest absolute Gasteiger partial charge is 0.459 e. The molecule has 4 N–H and O–H groups in total. The summed E-state index contributed by atoms with van der Waals surface area (Å²) in [6.07, 6.45) is 1.50. The van der Waals surface area contributed by atoms with Gasteiger partial charge >= 0.3 is 12.1 Å². The first-order chi connectivity index (χ1) is 15.5. The predicted octanol–water partition coefficient (Wildman–Crippen LogP) is 2.64. The molecule has 34 heavy (non-hydrogen) atoms. The molecule has 0 radical (unpaired) electrons. The molecular weight excluding hydrogens is 440 g/mol. The second kappa shape index (κ2) is 12.0. The molecule has 0 spiro atoms. The Labute approximate surface area is 203 Å². The van der Waals surface area contributed by atoms with Crippen LogP contribution in [0.2, 0.25) is 0 Å². The van der Waals surface area contributed by atoms with Gasteiger partial charge in [0, 0.05) is 19.0 Å². The highest BCUT2D eigenvalue weighted by molar-refractivity contribution is 5.94. The first-order valence-corrected chi connectivity index (χ1v) is 12.1. The van der Waals surface area contributed by atoms with Gasteiger partial charge in [0.2, 0.25) is 5.91 Å². The predicted molar refractivity (Wildman–Crippen MR) is 128 cm³/mol. The SMILES string of the molecule is CCC(CC)C[C@H](NC(C)=O)[C@@H]1NC(C(=O)OC(C)(C)C)C[C@H]1C(=O)N(N)C(=O)OC(C)(C)C. The molecule has 1 heterocycles. The molecule has 1 rings (SSSR count). The van der Waals surface area contributed by atoms with E-state index < -0.39 is 53.2 Å². The van der Waals surface area contributed by atoms with Crippen LogP contribution in [0.5, 0.6) is 0 Å². The summed E-state index contributed by atoms with van der Waals surface area (Å²) in [5.41, 5.74) is -1.55. The van der Waals surface area contributed by atoms with Crippen molar-refractivity contribution >= 4 is 23.9 Å². The molecular formula is C24H44N4O6. The van der Waals surface area contributed by atoms with E-state index in [9.17, 15) is 19.2 Å². The fourth-order valence-corrected chi connectivity index (χ4v) is 4.12. The number of esters is 1. The molecule has 10 nitrogen and oxygen atoms in total. The number of carbonyl (C=O) groups is 4. The molecule has 1 fully saturated rings. The van der Waals surface area contributed by atoms with E-state index >= 15 is 0 Å². The van der Waals surface area contributed by atoms with Crippen molar-refractivity contribution in [3.8, 4) is 0 Å². The second-order valence-electron chi connectivity index (χ2n) is 11.0. The number of imide groups is 1. The number of nitrogens with two attached hydrogens (primary N) is 1. The molecule has 1 unspecified atom stereocenters. The van der Waals surface area contributed by atoms with Crippen molar-refractivity contribution in [1.82, 2.24) is 15.6 Å². The van der Waals surface area contributed by atoms with Gasteiger partial charge in [-0.05, 0) is 60.3 Å². The zero-order chi connectivity index (χ0) is 26.4. The van der Waals surface area contributed by atoms with Gasteiger partial charge < -0.3 is 14.8 Å². The van der Waals surface area contributed by atoms with E-state index in [0.29, 0.717) is 17.3 Å². The van der Waals surface area contributed by atoms with E-state index in [2.05, 4.69) is 24.5 Å². The average molecular weight is 485 g/mol. The standard InChI is InChI=1S/C24H44N4O6/c1-10-15(11-2)12-17(26-14(3)29)19-16(13-18(27-19)21(31)33-23(4,5)6)20(30)28(25)22(32)34-24(7,8)9/h15-19,27H,10-13,25H2,1-9H3,(H,26,29)/t16-,17+,18?,19-/m1/s1. The monoisotopic (exact) mass is 484 g/mol. The third kappa shape index (κ3) is 9.21. The Morgan fingerprint density at radius 2 is 1.56 bits per heavy atom. The van der Waals surface area contributed by atoms with E-state index in [4.69, 9.17) is 15.3 Å². The third-order valence-corrected chi connectivity index (χ3v) is 5.72. The molecule has 10 heteroatoms.